The molecule has 114 valence electrons. The molecule has 21 heavy (non-hydrogen) atoms. The number of nitrogens with two attached hydrogens (primary N) is 1. The van der Waals surface area contributed by atoms with Gasteiger partial charge in [0, 0.05) is 12.0 Å². The van der Waals surface area contributed by atoms with E-state index >= 15 is 0 Å². The van der Waals surface area contributed by atoms with Crippen LogP contribution in [0.5, 0.6) is 0 Å². The minimum Gasteiger partial charge on any atom is -0.462 e. The number of Topliss-reactive ketones (excluding diaryl/α,β-unsaturated/α-hetero) is 1. The summed E-state index contributed by atoms with van der Waals surface area (Å²) < 4.78 is 5.09. The third-order valence-electron chi connectivity index (χ3n) is 4.04. The van der Waals surface area contributed by atoms with Crippen LogP contribution in [0, 0.1) is 5.92 Å². The van der Waals surface area contributed by atoms with Crippen molar-refractivity contribution < 1.29 is 14.3 Å². The van der Waals surface area contributed by atoms with Crippen LogP contribution in [0.3, 0.4) is 0 Å². The molecule has 0 spiro atoms. The third-order valence-corrected chi connectivity index (χ3v) is 5.19. The fraction of sp³-hybridized carbons (Fsp3) is 0.600. The molecule has 3 N–H and O–H groups in total. The van der Waals surface area contributed by atoms with Crippen LogP contribution < -0.4 is 11.1 Å². The van der Waals surface area contributed by atoms with Crippen molar-refractivity contribution in [3.8, 4) is 0 Å². The predicted octanol–water partition coefficient (Wildman–Crippen LogP) is 3.06. The molecule has 2 aliphatic carbocycles. The quantitative estimate of drug-likeness (QED) is 0.623. The molecule has 0 radical (unpaired) electrons. The van der Waals surface area contributed by atoms with Gasteiger partial charge in [-0.15, -0.1) is 11.3 Å². The van der Waals surface area contributed by atoms with Gasteiger partial charge < -0.3 is 15.8 Å². The summed E-state index contributed by atoms with van der Waals surface area (Å²) >= 11 is 1.31. The average Bonchev–Trinajstić information content (AvgIpc) is 3.18. The average molecular weight is 308 g/mol. The molecule has 6 heteroatoms. The lowest BCUT2D eigenvalue weighted by atomic mass is 9.93. The zero-order chi connectivity index (χ0) is 15.0. The maximum absolute atomic E-state index is 12.3. The number of thiophene rings is 1. The molecule has 2 aliphatic rings. The number of hydrogen-bond acceptors (Lipinski definition) is 6. The standard InChI is InChI=1S/C15H20N2O3S/c1-2-20-15(19)10-11(16)13(12(18)8-6-7-8)21-14(10)17-9-4-3-5-9/h8-9,17H,2-7,16H2,1H3. The number of esters is 1. The number of ether oxygens (including phenoxy) is 1. The van der Waals surface area contributed by atoms with Gasteiger partial charge in [0.05, 0.1) is 17.2 Å². The third kappa shape index (κ3) is 2.77. The Labute approximate surface area is 127 Å². The summed E-state index contributed by atoms with van der Waals surface area (Å²) in [6.07, 6.45) is 5.23. The highest BCUT2D eigenvalue weighted by Crippen LogP contribution is 2.43. The second-order valence-corrected chi connectivity index (χ2v) is 6.70. The van der Waals surface area contributed by atoms with Gasteiger partial charge in [-0.05, 0) is 39.0 Å². The topological polar surface area (TPSA) is 81.4 Å². The smallest absolute Gasteiger partial charge is 0.343 e. The summed E-state index contributed by atoms with van der Waals surface area (Å²) in [5.41, 5.74) is 6.72. The molecule has 0 aliphatic heterocycles. The van der Waals surface area contributed by atoms with Crippen LogP contribution in [0.15, 0.2) is 0 Å². The van der Waals surface area contributed by atoms with Crippen molar-refractivity contribution in [2.75, 3.05) is 17.7 Å². The van der Waals surface area contributed by atoms with Gasteiger partial charge in [-0.2, -0.15) is 0 Å². The number of ketones is 1. The number of hydrogen-bond donors (Lipinski definition) is 2. The molecule has 0 atom stereocenters. The molecule has 1 heterocycles. The van der Waals surface area contributed by atoms with Gasteiger partial charge in [-0.1, -0.05) is 0 Å². The lowest BCUT2D eigenvalue weighted by Gasteiger charge is -2.27. The summed E-state index contributed by atoms with van der Waals surface area (Å²) in [6, 6.07) is 0.375. The van der Waals surface area contributed by atoms with Gasteiger partial charge in [0.2, 0.25) is 0 Å². The van der Waals surface area contributed by atoms with Crippen molar-refractivity contribution >= 4 is 33.8 Å². The monoisotopic (exact) mass is 308 g/mol. The summed E-state index contributed by atoms with van der Waals surface area (Å²) in [6.45, 7) is 2.05. The summed E-state index contributed by atoms with van der Waals surface area (Å²) in [5, 5.41) is 4.04. The van der Waals surface area contributed by atoms with Gasteiger partial charge >= 0.3 is 5.97 Å². The number of carbonyl (C=O) groups is 2. The zero-order valence-electron chi connectivity index (χ0n) is 12.1. The zero-order valence-corrected chi connectivity index (χ0v) is 12.9. The Bertz CT molecular complexity index is 574. The number of nitrogen functional groups attached to an aromatic ring is 1. The van der Waals surface area contributed by atoms with Crippen LogP contribution >= 0.6 is 11.3 Å². The largest absolute Gasteiger partial charge is 0.462 e. The SMILES string of the molecule is CCOC(=O)c1c(NC2CCC2)sc(C(=O)C2CC2)c1N. The van der Waals surface area contributed by atoms with Gasteiger partial charge in [-0.25, -0.2) is 4.79 Å². The lowest BCUT2D eigenvalue weighted by molar-refractivity contribution is 0.0529. The second-order valence-electron chi connectivity index (χ2n) is 5.68. The fourth-order valence-electron chi connectivity index (χ4n) is 2.40. The van der Waals surface area contributed by atoms with Crippen molar-refractivity contribution in [2.24, 2.45) is 5.92 Å². The number of nitrogens with one attached hydrogen (secondary N) is 1. The summed E-state index contributed by atoms with van der Waals surface area (Å²) in [4.78, 5) is 25.0. The minimum atomic E-state index is -0.442. The maximum atomic E-state index is 12.3. The Hall–Kier alpha value is -1.56. The van der Waals surface area contributed by atoms with Crippen LogP contribution in [0.4, 0.5) is 10.7 Å². The first-order valence-corrected chi connectivity index (χ1v) is 8.33. The molecule has 0 aromatic carbocycles. The first kappa shape index (κ1) is 14.4. The normalized spacial score (nSPS) is 18.1. The number of rotatable bonds is 6. The van der Waals surface area contributed by atoms with Crippen molar-refractivity contribution in [3.05, 3.63) is 10.4 Å². The van der Waals surface area contributed by atoms with Crippen LogP contribution in [0.25, 0.3) is 0 Å². The number of anilines is 2. The molecule has 5 nitrogen and oxygen atoms in total. The predicted molar refractivity (Wildman–Crippen MR) is 83.0 cm³/mol. The Kier molecular flexibility index (Phi) is 3.89. The van der Waals surface area contributed by atoms with Gasteiger partial charge in [0.1, 0.15) is 10.6 Å². The Balaban J connectivity index is 1.92. The van der Waals surface area contributed by atoms with E-state index < -0.39 is 5.97 Å². The van der Waals surface area contributed by atoms with Gasteiger partial charge in [0.15, 0.2) is 5.78 Å². The molecular formula is C15H20N2O3S. The molecular weight excluding hydrogens is 288 g/mol. The molecule has 0 amide bonds. The first-order chi connectivity index (χ1) is 10.1. The van der Waals surface area contributed by atoms with E-state index in [-0.39, 0.29) is 17.4 Å². The highest BCUT2D eigenvalue weighted by Gasteiger charge is 2.36. The van der Waals surface area contributed by atoms with E-state index in [0.29, 0.717) is 28.1 Å². The van der Waals surface area contributed by atoms with Crippen molar-refractivity contribution in [1.29, 1.82) is 0 Å². The van der Waals surface area contributed by atoms with Crippen LogP contribution in [-0.4, -0.2) is 24.4 Å². The van der Waals surface area contributed by atoms with E-state index in [4.69, 9.17) is 10.5 Å². The lowest BCUT2D eigenvalue weighted by Crippen LogP contribution is -2.27. The molecule has 1 aromatic heterocycles. The van der Waals surface area contributed by atoms with Crippen molar-refractivity contribution in [2.45, 2.75) is 45.1 Å². The van der Waals surface area contributed by atoms with E-state index in [0.717, 1.165) is 25.7 Å². The van der Waals surface area contributed by atoms with Crippen LogP contribution in [-0.2, 0) is 4.74 Å². The molecule has 0 saturated heterocycles. The highest BCUT2D eigenvalue weighted by atomic mass is 32.1. The molecule has 0 unspecified atom stereocenters. The van der Waals surface area contributed by atoms with E-state index in [1.54, 1.807) is 6.92 Å². The second kappa shape index (κ2) is 5.67. The Morgan fingerprint density at radius 3 is 2.57 bits per heavy atom. The van der Waals surface area contributed by atoms with Gasteiger partial charge in [0.25, 0.3) is 0 Å². The summed E-state index contributed by atoms with van der Waals surface area (Å²) in [5.74, 6) is -0.273. The Morgan fingerprint density at radius 1 is 1.33 bits per heavy atom. The maximum Gasteiger partial charge on any atom is 0.343 e. The van der Waals surface area contributed by atoms with Crippen molar-refractivity contribution in [3.63, 3.8) is 0 Å². The van der Waals surface area contributed by atoms with Crippen LogP contribution in [0.1, 0.15) is 59.1 Å². The van der Waals surface area contributed by atoms with E-state index in [1.807, 2.05) is 0 Å². The fourth-order valence-corrected chi connectivity index (χ4v) is 3.61. The van der Waals surface area contributed by atoms with Crippen LogP contribution in [0.2, 0.25) is 0 Å². The molecule has 2 fully saturated rings. The van der Waals surface area contributed by atoms with Crippen molar-refractivity contribution in [1.82, 2.24) is 0 Å². The van der Waals surface area contributed by atoms with E-state index in [9.17, 15) is 9.59 Å². The summed E-state index contributed by atoms with van der Waals surface area (Å²) in [7, 11) is 0. The molecule has 1 aromatic rings. The molecule has 3 rings (SSSR count). The first-order valence-electron chi connectivity index (χ1n) is 7.52. The minimum absolute atomic E-state index is 0.0738. The van der Waals surface area contributed by atoms with E-state index in [1.165, 1.54) is 17.8 Å². The molecule has 0 bridgehead atoms. The van der Waals surface area contributed by atoms with E-state index in [2.05, 4.69) is 5.32 Å². The Morgan fingerprint density at radius 2 is 2.05 bits per heavy atom. The van der Waals surface area contributed by atoms with Gasteiger partial charge in [-0.3, -0.25) is 4.79 Å². The molecule has 2 saturated carbocycles. The number of carbonyl (C=O) groups excluding carboxylic acids is 2. The highest BCUT2D eigenvalue weighted by molar-refractivity contribution is 7.19.